The number of amides is 1. The molecule has 1 aliphatic carbocycles. The number of hydrogen-bond donors (Lipinski definition) is 0. The molecule has 3 aromatic rings. The van der Waals surface area contributed by atoms with Gasteiger partial charge in [0.1, 0.15) is 22.8 Å². The highest BCUT2D eigenvalue weighted by atomic mass is 16.6. The molecule has 1 amide bonds. The average Bonchev–Trinajstić information content (AvgIpc) is 3.36. The summed E-state index contributed by atoms with van der Waals surface area (Å²) >= 11 is 0. The van der Waals surface area contributed by atoms with Gasteiger partial charge in [-0.2, -0.15) is 14.9 Å². The lowest BCUT2D eigenvalue weighted by molar-refractivity contribution is -0.00938. The van der Waals surface area contributed by atoms with Crippen LogP contribution in [0.4, 0.5) is 9.59 Å². The van der Waals surface area contributed by atoms with E-state index in [-0.39, 0.29) is 18.2 Å². The monoisotopic (exact) mass is 484 g/mol. The second-order valence-corrected chi connectivity index (χ2v) is 10.7. The van der Waals surface area contributed by atoms with Crippen LogP contribution in [0.5, 0.6) is 5.88 Å². The van der Waals surface area contributed by atoms with E-state index in [1.165, 1.54) is 0 Å². The van der Waals surface area contributed by atoms with Crippen LogP contribution in [0.25, 0.3) is 16.8 Å². The highest BCUT2D eigenvalue weighted by molar-refractivity contribution is 5.72. The first kappa shape index (κ1) is 24.5. The highest BCUT2D eigenvalue weighted by Gasteiger charge is 2.38. The van der Waals surface area contributed by atoms with Gasteiger partial charge >= 0.3 is 12.2 Å². The van der Waals surface area contributed by atoms with E-state index in [1.54, 1.807) is 62.0 Å². The fourth-order valence-corrected chi connectivity index (χ4v) is 3.58. The predicted octanol–water partition coefficient (Wildman–Crippen LogP) is 4.15. The van der Waals surface area contributed by atoms with E-state index in [1.807, 2.05) is 26.8 Å². The molecule has 0 bridgehead atoms. The molecule has 0 aromatic carbocycles. The van der Waals surface area contributed by atoms with Crippen LogP contribution in [-0.4, -0.2) is 71.9 Å². The molecular weight excluding hydrogens is 452 g/mol. The summed E-state index contributed by atoms with van der Waals surface area (Å²) in [6.45, 7) is 10.9. The standard InChI is InChI=1S/C24H32N6O5/c1-23(2,3)34-21(31)28(7)16-10-17(11-16)33-20-19-8-9-25-29(19)14-18(27-20)15-12-26-30(13-15)22(32)35-24(4,5)6/h8-9,12-14,16-17H,10-11H2,1-7H3. The SMILES string of the molecule is CN(C(=O)OC(C)(C)C)C1CC(Oc2nc(-c3cnn(C(=O)OC(C)(C)C)c3)cn3nccc23)C1. The zero-order valence-electron chi connectivity index (χ0n) is 21.2. The number of ether oxygens (including phenoxy) is 3. The second-order valence-electron chi connectivity index (χ2n) is 10.7. The molecule has 11 nitrogen and oxygen atoms in total. The maximum atomic E-state index is 12.3. The molecular formula is C24H32N6O5. The summed E-state index contributed by atoms with van der Waals surface area (Å²) in [5.41, 5.74) is 0.716. The molecule has 0 radical (unpaired) electrons. The molecule has 3 heterocycles. The fourth-order valence-electron chi connectivity index (χ4n) is 3.58. The molecule has 0 N–H and O–H groups in total. The first-order valence-electron chi connectivity index (χ1n) is 11.5. The van der Waals surface area contributed by atoms with E-state index in [4.69, 9.17) is 14.2 Å². The first-order chi connectivity index (χ1) is 16.3. The Morgan fingerprint density at radius 3 is 2.37 bits per heavy atom. The highest BCUT2D eigenvalue weighted by Crippen LogP contribution is 2.32. The topological polar surface area (TPSA) is 113 Å². The Balaban J connectivity index is 1.47. The van der Waals surface area contributed by atoms with E-state index >= 15 is 0 Å². The lowest BCUT2D eigenvalue weighted by Crippen LogP contribution is -2.51. The fraction of sp³-hybridized carbons (Fsp3) is 0.542. The Hall–Kier alpha value is -3.63. The van der Waals surface area contributed by atoms with Gasteiger partial charge in [0.25, 0.3) is 0 Å². The van der Waals surface area contributed by atoms with E-state index in [2.05, 4.69) is 15.2 Å². The molecule has 11 heteroatoms. The van der Waals surface area contributed by atoms with E-state index in [0.717, 1.165) is 10.2 Å². The molecule has 0 spiro atoms. The molecule has 1 aliphatic rings. The van der Waals surface area contributed by atoms with Gasteiger partial charge in [-0.1, -0.05) is 0 Å². The summed E-state index contributed by atoms with van der Waals surface area (Å²) in [6, 6.07) is 1.85. The molecule has 3 aromatic heterocycles. The molecule has 1 saturated carbocycles. The summed E-state index contributed by atoms with van der Waals surface area (Å²) in [7, 11) is 1.74. The van der Waals surface area contributed by atoms with Crippen molar-refractivity contribution in [3.63, 3.8) is 0 Å². The van der Waals surface area contributed by atoms with Crippen molar-refractivity contribution in [3.05, 3.63) is 30.9 Å². The molecule has 0 saturated heterocycles. The first-order valence-corrected chi connectivity index (χ1v) is 11.5. The zero-order chi connectivity index (χ0) is 25.5. The summed E-state index contributed by atoms with van der Waals surface area (Å²) in [5, 5.41) is 8.43. The zero-order valence-corrected chi connectivity index (χ0v) is 21.2. The molecule has 1 fully saturated rings. The van der Waals surface area contributed by atoms with Crippen molar-refractivity contribution < 1.29 is 23.8 Å². The van der Waals surface area contributed by atoms with Crippen LogP contribution in [0, 0.1) is 0 Å². The average molecular weight is 485 g/mol. The summed E-state index contributed by atoms with van der Waals surface area (Å²) in [5.74, 6) is 0.424. The Bertz CT molecular complexity index is 1230. The largest absolute Gasteiger partial charge is 0.473 e. The quantitative estimate of drug-likeness (QED) is 0.543. The van der Waals surface area contributed by atoms with Crippen LogP contribution in [0.15, 0.2) is 30.9 Å². The van der Waals surface area contributed by atoms with Gasteiger partial charge in [-0.25, -0.2) is 19.1 Å². The number of carbonyl (C=O) groups is 2. The van der Waals surface area contributed by atoms with Crippen molar-refractivity contribution in [1.82, 2.24) is 29.3 Å². The number of nitrogens with zero attached hydrogens (tertiary/aromatic N) is 6. The maximum absolute atomic E-state index is 12.3. The van der Waals surface area contributed by atoms with Crippen LogP contribution >= 0.6 is 0 Å². The smallest absolute Gasteiger partial charge is 0.435 e. The lowest BCUT2D eigenvalue weighted by Gasteiger charge is -2.40. The molecule has 0 atom stereocenters. The van der Waals surface area contributed by atoms with Crippen molar-refractivity contribution in [3.8, 4) is 17.1 Å². The molecule has 0 aliphatic heterocycles. The summed E-state index contributed by atoms with van der Waals surface area (Å²) in [6.07, 6.45) is 6.82. The number of fused-ring (bicyclic) bond motifs is 1. The molecule has 4 rings (SSSR count). The lowest BCUT2D eigenvalue weighted by atomic mass is 9.88. The second kappa shape index (κ2) is 8.86. The minimum atomic E-state index is -0.630. The van der Waals surface area contributed by atoms with E-state index in [0.29, 0.717) is 30.0 Å². The third-order valence-corrected chi connectivity index (χ3v) is 5.39. The van der Waals surface area contributed by atoms with E-state index in [9.17, 15) is 9.59 Å². The third kappa shape index (κ3) is 5.72. The van der Waals surface area contributed by atoms with Gasteiger partial charge in [0.05, 0.1) is 24.3 Å². The summed E-state index contributed by atoms with van der Waals surface area (Å²) < 4.78 is 19.8. The molecule has 35 heavy (non-hydrogen) atoms. The Morgan fingerprint density at radius 1 is 1.03 bits per heavy atom. The summed E-state index contributed by atoms with van der Waals surface area (Å²) in [4.78, 5) is 30.9. The van der Waals surface area contributed by atoms with Crippen LogP contribution in [0.2, 0.25) is 0 Å². The van der Waals surface area contributed by atoms with Crippen molar-refractivity contribution >= 4 is 17.7 Å². The van der Waals surface area contributed by atoms with Crippen LogP contribution < -0.4 is 4.74 Å². The van der Waals surface area contributed by atoms with Gasteiger partial charge < -0.3 is 19.1 Å². The minimum Gasteiger partial charge on any atom is -0.473 e. The van der Waals surface area contributed by atoms with Crippen LogP contribution in [0.3, 0.4) is 0 Å². The maximum Gasteiger partial charge on any atom is 0.435 e. The van der Waals surface area contributed by atoms with Crippen molar-refractivity contribution in [2.24, 2.45) is 0 Å². The van der Waals surface area contributed by atoms with Crippen LogP contribution in [-0.2, 0) is 9.47 Å². The number of aromatic nitrogens is 5. The van der Waals surface area contributed by atoms with Gasteiger partial charge in [-0.05, 0) is 47.6 Å². The normalized spacial score (nSPS) is 18.1. The number of hydrogen-bond acceptors (Lipinski definition) is 8. The van der Waals surface area contributed by atoms with Crippen LogP contribution in [0.1, 0.15) is 54.4 Å². The van der Waals surface area contributed by atoms with E-state index < -0.39 is 17.3 Å². The minimum absolute atomic E-state index is 0.0334. The van der Waals surface area contributed by atoms with Crippen molar-refractivity contribution in [2.45, 2.75) is 77.7 Å². The molecule has 188 valence electrons. The van der Waals surface area contributed by atoms with Crippen molar-refractivity contribution in [1.29, 1.82) is 0 Å². The predicted molar refractivity (Wildman–Crippen MR) is 127 cm³/mol. The third-order valence-electron chi connectivity index (χ3n) is 5.39. The van der Waals surface area contributed by atoms with Crippen molar-refractivity contribution in [2.75, 3.05) is 7.05 Å². The van der Waals surface area contributed by atoms with Gasteiger partial charge in [0, 0.05) is 37.7 Å². The van der Waals surface area contributed by atoms with Gasteiger partial charge in [-0.15, -0.1) is 0 Å². The molecule has 0 unspecified atom stereocenters. The van der Waals surface area contributed by atoms with Gasteiger partial charge in [-0.3, -0.25) is 0 Å². The number of rotatable bonds is 4. The Kier molecular flexibility index (Phi) is 6.20. The Labute approximate surface area is 204 Å². The number of carbonyl (C=O) groups excluding carboxylic acids is 2. The van der Waals surface area contributed by atoms with Gasteiger partial charge in [0.15, 0.2) is 0 Å². The van der Waals surface area contributed by atoms with Gasteiger partial charge in [0.2, 0.25) is 5.88 Å². The Morgan fingerprint density at radius 2 is 1.71 bits per heavy atom.